The van der Waals surface area contributed by atoms with Gasteiger partial charge in [0.2, 0.25) is 0 Å². The van der Waals surface area contributed by atoms with Crippen LogP contribution in [0.5, 0.6) is 11.5 Å². The zero-order valence-electron chi connectivity index (χ0n) is 14.5. The van der Waals surface area contributed by atoms with E-state index in [9.17, 15) is 9.59 Å². The Bertz CT molecular complexity index is 947. The number of hydrogen-bond acceptors (Lipinski definition) is 5. The minimum absolute atomic E-state index is 0.312. The molecule has 2 aromatic carbocycles. The molecule has 0 N–H and O–H groups in total. The number of benzene rings is 2. The fourth-order valence-electron chi connectivity index (χ4n) is 2.54. The first-order chi connectivity index (χ1) is 12.9. The Balaban J connectivity index is 1.96. The smallest absolute Gasteiger partial charge is 0.298 e. The van der Waals surface area contributed by atoms with Gasteiger partial charge in [-0.15, -0.1) is 0 Å². The van der Waals surface area contributed by atoms with Crippen molar-refractivity contribution in [3.8, 4) is 11.5 Å². The highest BCUT2D eigenvalue weighted by molar-refractivity contribution is 9.10. The van der Waals surface area contributed by atoms with E-state index in [4.69, 9.17) is 21.1 Å². The van der Waals surface area contributed by atoms with Gasteiger partial charge in [-0.25, -0.2) is 4.90 Å². The number of ether oxygens (including phenoxy) is 2. The van der Waals surface area contributed by atoms with Crippen molar-refractivity contribution in [2.24, 2.45) is 0 Å². The number of thioether (sulfide) groups is 1. The predicted molar refractivity (Wildman–Crippen MR) is 112 cm³/mol. The van der Waals surface area contributed by atoms with Gasteiger partial charge in [0.1, 0.15) is 0 Å². The van der Waals surface area contributed by atoms with Crippen LogP contribution in [0.2, 0.25) is 5.02 Å². The molecule has 140 valence electrons. The summed E-state index contributed by atoms with van der Waals surface area (Å²) >= 11 is 10.3. The van der Waals surface area contributed by atoms with Gasteiger partial charge < -0.3 is 9.47 Å². The van der Waals surface area contributed by atoms with Crippen LogP contribution >= 0.6 is 39.3 Å². The number of imide groups is 1. The maximum atomic E-state index is 12.8. The third-order valence-electron chi connectivity index (χ3n) is 3.73. The van der Waals surface area contributed by atoms with E-state index in [2.05, 4.69) is 15.9 Å². The van der Waals surface area contributed by atoms with E-state index in [-0.39, 0.29) is 5.24 Å². The van der Waals surface area contributed by atoms with Gasteiger partial charge in [-0.05, 0) is 60.7 Å². The maximum absolute atomic E-state index is 12.8. The summed E-state index contributed by atoms with van der Waals surface area (Å²) in [6, 6.07) is 10.2. The lowest BCUT2D eigenvalue weighted by Crippen LogP contribution is -2.27. The van der Waals surface area contributed by atoms with Crippen molar-refractivity contribution < 1.29 is 19.1 Å². The largest absolute Gasteiger partial charge is 0.493 e. The number of halogens is 2. The third-order valence-corrected chi connectivity index (χ3v) is 5.52. The van der Waals surface area contributed by atoms with Gasteiger partial charge in [0.15, 0.2) is 11.5 Å². The van der Waals surface area contributed by atoms with Crippen LogP contribution in [0.25, 0.3) is 6.08 Å². The van der Waals surface area contributed by atoms with Gasteiger partial charge in [-0.3, -0.25) is 9.59 Å². The summed E-state index contributed by atoms with van der Waals surface area (Å²) in [7, 11) is 1.54. The first kappa shape index (κ1) is 19.8. The Morgan fingerprint density at radius 1 is 1.22 bits per heavy atom. The number of nitrogens with zero attached hydrogens (tertiary/aromatic N) is 1. The minimum Gasteiger partial charge on any atom is -0.493 e. The Kier molecular flexibility index (Phi) is 6.14. The van der Waals surface area contributed by atoms with Crippen LogP contribution in [0.1, 0.15) is 12.5 Å². The van der Waals surface area contributed by atoms with Crippen LogP contribution in [0.3, 0.4) is 0 Å². The Morgan fingerprint density at radius 2 is 2.00 bits per heavy atom. The van der Waals surface area contributed by atoms with Crippen LogP contribution in [-0.4, -0.2) is 24.9 Å². The fraction of sp³-hybridized carbons (Fsp3) is 0.158. The van der Waals surface area contributed by atoms with Crippen LogP contribution < -0.4 is 14.4 Å². The molecule has 0 bridgehead atoms. The van der Waals surface area contributed by atoms with Gasteiger partial charge in [-0.2, -0.15) is 0 Å². The quantitative estimate of drug-likeness (QED) is 0.523. The molecule has 0 spiro atoms. The fourth-order valence-corrected chi connectivity index (χ4v) is 3.99. The molecule has 0 aromatic heterocycles. The zero-order valence-corrected chi connectivity index (χ0v) is 17.7. The van der Waals surface area contributed by atoms with Crippen molar-refractivity contribution in [1.82, 2.24) is 0 Å². The number of rotatable bonds is 5. The molecule has 0 unspecified atom stereocenters. The molecule has 1 fully saturated rings. The summed E-state index contributed by atoms with van der Waals surface area (Å²) in [4.78, 5) is 26.6. The highest BCUT2D eigenvalue weighted by Crippen LogP contribution is 2.39. The number of amides is 2. The summed E-state index contributed by atoms with van der Waals surface area (Å²) in [6.45, 7) is 2.38. The molecule has 5 nitrogen and oxygen atoms in total. The molecule has 1 aliphatic rings. The number of anilines is 1. The second-order valence-corrected chi connectivity index (χ2v) is 7.74. The average Bonchev–Trinajstić information content (AvgIpc) is 2.91. The lowest BCUT2D eigenvalue weighted by Gasteiger charge is -2.13. The van der Waals surface area contributed by atoms with Crippen LogP contribution in [0, 0.1) is 0 Å². The van der Waals surface area contributed by atoms with Crippen molar-refractivity contribution in [2.45, 2.75) is 6.92 Å². The lowest BCUT2D eigenvalue weighted by molar-refractivity contribution is -0.113. The van der Waals surface area contributed by atoms with Gasteiger partial charge in [-0.1, -0.05) is 33.6 Å². The highest BCUT2D eigenvalue weighted by Gasteiger charge is 2.36. The summed E-state index contributed by atoms with van der Waals surface area (Å²) in [5.41, 5.74) is 1.14. The van der Waals surface area contributed by atoms with E-state index in [1.807, 2.05) is 6.92 Å². The summed E-state index contributed by atoms with van der Waals surface area (Å²) in [6.07, 6.45) is 1.65. The highest BCUT2D eigenvalue weighted by atomic mass is 79.9. The molecule has 1 aliphatic heterocycles. The predicted octanol–water partition coefficient (Wildman–Crippen LogP) is 5.75. The second kappa shape index (κ2) is 8.37. The van der Waals surface area contributed by atoms with E-state index in [1.54, 1.807) is 49.6 Å². The molecule has 2 amide bonds. The number of methoxy groups -OCH3 is 1. The van der Waals surface area contributed by atoms with Crippen molar-refractivity contribution in [1.29, 1.82) is 0 Å². The number of carbonyl (C=O) groups is 2. The van der Waals surface area contributed by atoms with E-state index in [0.29, 0.717) is 39.3 Å². The van der Waals surface area contributed by atoms with E-state index < -0.39 is 5.91 Å². The summed E-state index contributed by atoms with van der Waals surface area (Å²) in [5, 5.41) is 0.0806. The topological polar surface area (TPSA) is 55.8 Å². The SMILES string of the molecule is CCOc1cc(Br)c(C=C2SC(=O)N(c3cccc(Cl)c3)C2=O)cc1OC. The number of hydrogen-bond donors (Lipinski definition) is 0. The molecule has 0 atom stereocenters. The second-order valence-electron chi connectivity index (χ2n) is 5.45. The lowest BCUT2D eigenvalue weighted by atomic mass is 10.1. The standard InChI is InChI=1S/C19H15BrClNO4S/c1-3-26-16-10-14(20)11(7-15(16)25-2)8-17-18(23)22(19(24)27-17)13-6-4-5-12(21)9-13/h4-10H,3H2,1-2H3. The van der Waals surface area contributed by atoms with Crippen molar-refractivity contribution >= 4 is 62.2 Å². The molecule has 0 radical (unpaired) electrons. The van der Waals surface area contributed by atoms with E-state index >= 15 is 0 Å². The van der Waals surface area contributed by atoms with Gasteiger partial charge in [0.25, 0.3) is 11.1 Å². The number of carbonyl (C=O) groups excluding carboxylic acids is 2. The van der Waals surface area contributed by atoms with Gasteiger partial charge in [0.05, 0.1) is 24.3 Å². The monoisotopic (exact) mass is 467 g/mol. The molecule has 1 heterocycles. The average molecular weight is 469 g/mol. The van der Waals surface area contributed by atoms with Crippen molar-refractivity contribution in [3.63, 3.8) is 0 Å². The Morgan fingerprint density at radius 3 is 2.67 bits per heavy atom. The third kappa shape index (κ3) is 4.15. The Hall–Kier alpha value is -1.96. The molecule has 2 aromatic rings. The van der Waals surface area contributed by atoms with Gasteiger partial charge in [0, 0.05) is 9.50 Å². The molecule has 0 saturated carbocycles. The molecular formula is C19H15BrClNO4S. The molecule has 0 aliphatic carbocycles. The molecular weight excluding hydrogens is 454 g/mol. The van der Waals surface area contributed by atoms with Crippen molar-refractivity contribution in [3.05, 3.63) is 56.4 Å². The minimum atomic E-state index is -0.396. The first-order valence-corrected chi connectivity index (χ1v) is 9.97. The van der Waals surface area contributed by atoms with Crippen LogP contribution in [0.15, 0.2) is 45.8 Å². The van der Waals surface area contributed by atoms with E-state index in [1.165, 1.54) is 0 Å². The van der Waals surface area contributed by atoms with Crippen LogP contribution in [-0.2, 0) is 4.79 Å². The molecule has 27 heavy (non-hydrogen) atoms. The van der Waals surface area contributed by atoms with Gasteiger partial charge >= 0.3 is 0 Å². The molecule has 1 saturated heterocycles. The summed E-state index contributed by atoms with van der Waals surface area (Å²) < 4.78 is 11.6. The molecule has 3 rings (SSSR count). The Labute approximate surface area is 174 Å². The molecule has 8 heteroatoms. The maximum Gasteiger partial charge on any atom is 0.298 e. The first-order valence-electron chi connectivity index (χ1n) is 7.98. The normalized spacial score (nSPS) is 15.6. The zero-order chi connectivity index (χ0) is 19.6. The van der Waals surface area contributed by atoms with Crippen molar-refractivity contribution in [2.75, 3.05) is 18.6 Å². The summed E-state index contributed by atoms with van der Waals surface area (Å²) in [5.74, 6) is 0.739. The van der Waals surface area contributed by atoms with Crippen LogP contribution in [0.4, 0.5) is 10.5 Å². The van der Waals surface area contributed by atoms with E-state index in [0.717, 1.165) is 21.1 Å².